The second-order valence-corrected chi connectivity index (χ2v) is 7.64. The van der Waals surface area contributed by atoms with Crippen LogP contribution in [-0.2, 0) is 17.7 Å². The molecule has 3 rings (SSSR count). The van der Waals surface area contributed by atoms with E-state index in [4.69, 9.17) is 4.74 Å². The van der Waals surface area contributed by atoms with Crippen LogP contribution in [0.5, 0.6) is 0 Å². The van der Waals surface area contributed by atoms with Crippen LogP contribution in [0.2, 0.25) is 0 Å². The summed E-state index contributed by atoms with van der Waals surface area (Å²) in [6, 6.07) is 5.94. The standard InChI is InChI=1S/C18H19N3O3S2/c1-4-15-17(26-20-19-15)18(23)24-10-16(22)14-8-11(2)21(12(14)3)9-13-6-5-7-25-13/h5-8H,4,9-10H2,1-3H3. The molecule has 0 aliphatic rings. The zero-order chi connectivity index (χ0) is 18.7. The van der Waals surface area contributed by atoms with Gasteiger partial charge in [-0.1, -0.05) is 17.5 Å². The molecule has 3 aromatic heterocycles. The van der Waals surface area contributed by atoms with Crippen molar-refractivity contribution in [3.63, 3.8) is 0 Å². The molecule has 0 fully saturated rings. The lowest BCUT2D eigenvalue weighted by Crippen LogP contribution is -2.15. The second-order valence-electron chi connectivity index (χ2n) is 5.85. The number of ether oxygens (including phenoxy) is 1. The molecule has 0 amide bonds. The average molecular weight is 390 g/mol. The number of Topliss-reactive ketones (excluding diaryl/α,β-unsaturated/α-hetero) is 1. The summed E-state index contributed by atoms with van der Waals surface area (Å²) in [7, 11) is 0. The Bertz CT molecular complexity index is 926. The smallest absolute Gasteiger partial charge is 0.352 e. The highest BCUT2D eigenvalue weighted by Gasteiger charge is 2.21. The van der Waals surface area contributed by atoms with Gasteiger partial charge in [0.1, 0.15) is 0 Å². The zero-order valence-corrected chi connectivity index (χ0v) is 16.4. The third-order valence-corrected chi connectivity index (χ3v) is 5.79. The van der Waals surface area contributed by atoms with E-state index in [1.165, 1.54) is 4.88 Å². The van der Waals surface area contributed by atoms with E-state index in [1.54, 1.807) is 11.3 Å². The van der Waals surface area contributed by atoms with Crippen molar-refractivity contribution in [1.82, 2.24) is 14.2 Å². The molecule has 8 heteroatoms. The van der Waals surface area contributed by atoms with Gasteiger partial charge in [-0.2, -0.15) is 0 Å². The first kappa shape index (κ1) is 18.5. The SMILES string of the molecule is CCc1nnsc1C(=O)OCC(=O)c1cc(C)n(Cc2cccs2)c1C. The van der Waals surface area contributed by atoms with Crippen LogP contribution in [0.3, 0.4) is 0 Å². The van der Waals surface area contributed by atoms with Crippen LogP contribution in [0.1, 0.15) is 48.9 Å². The van der Waals surface area contributed by atoms with Gasteiger partial charge in [-0.3, -0.25) is 4.79 Å². The Morgan fingerprint density at radius 1 is 1.31 bits per heavy atom. The predicted octanol–water partition coefficient (Wildman–Crippen LogP) is 3.67. The Morgan fingerprint density at radius 2 is 2.12 bits per heavy atom. The van der Waals surface area contributed by atoms with Gasteiger partial charge < -0.3 is 9.30 Å². The van der Waals surface area contributed by atoms with Crippen LogP contribution in [0, 0.1) is 13.8 Å². The number of ketones is 1. The largest absolute Gasteiger partial charge is 0.453 e. The predicted molar refractivity (Wildman–Crippen MR) is 101 cm³/mol. The topological polar surface area (TPSA) is 74.1 Å². The number of esters is 1. The molecule has 6 nitrogen and oxygen atoms in total. The number of carbonyl (C=O) groups excluding carboxylic acids is 2. The molecule has 26 heavy (non-hydrogen) atoms. The van der Waals surface area contributed by atoms with E-state index in [0.29, 0.717) is 22.6 Å². The number of hydrogen-bond acceptors (Lipinski definition) is 7. The molecule has 0 saturated heterocycles. The van der Waals surface area contributed by atoms with Crippen LogP contribution in [0.4, 0.5) is 0 Å². The molecule has 0 unspecified atom stereocenters. The summed E-state index contributed by atoms with van der Waals surface area (Å²) in [5, 5.41) is 5.92. The summed E-state index contributed by atoms with van der Waals surface area (Å²) in [6.07, 6.45) is 0.596. The molecular weight excluding hydrogens is 370 g/mol. The van der Waals surface area contributed by atoms with Gasteiger partial charge in [0, 0.05) is 21.8 Å². The first-order chi connectivity index (χ1) is 12.5. The van der Waals surface area contributed by atoms with E-state index in [1.807, 2.05) is 38.3 Å². The van der Waals surface area contributed by atoms with Crippen molar-refractivity contribution in [2.45, 2.75) is 33.7 Å². The average Bonchev–Trinajstić information content (AvgIpc) is 3.36. The van der Waals surface area contributed by atoms with Crippen LogP contribution >= 0.6 is 22.9 Å². The third-order valence-electron chi connectivity index (χ3n) is 4.18. The molecular formula is C18H19N3O3S2. The van der Waals surface area contributed by atoms with E-state index in [0.717, 1.165) is 29.5 Å². The second kappa shape index (κ2) is 7.92. The van der Waals surface area contributed by atoms with Crippen molar-refractivity contribution in [3.05, 3.63) is 56.0 Å². The fourth-order valence-electron chi connectivity index (χ4n) is 2.75. The van der Waals surface area contributed by atoms with Gasteiger partial charge in [-0.15, -0.1) is 16.4 Å². The quantitative estimate of drug-likeness (QED) is 0.455. The molecule has 0 N–H and O–H groups in total. The molecule has 0 bridgehead atoms. The Balaban J connectivity index is 1.69. The molecule has 0 aliphatic heterocycles. The fourth-order valence-corrected chi connectivity index (χ4v) is 4.09. The summed E-state index contributed by atoms with van der Waals surface area (Å²) in [6.45, 7) is 6.22. The molecule has 0 aromatic carbocycles. The van der Waals surface area contributed by atoms with Crippen LogP contribution in [0.15, 0.2) is 23.6 Å². The Labute approximate surface area is 159 Å². The Kier molecular flexibility index (Phi) is 5.63. The van der Waals surface area contributed by atoms with Crippen LogP contribution < -0.4 is 0 Å². The summed E-state index contributed by atoms with van der Waals surface area (Å²) in [5.41, 5.74) is 3.07. The maximum Gasteiger partial charge on any atom is 0.352 e. The molecule has 3 heterocycles. The van der Waals surface area contributed by atoms with Crippen molar-refractivity contribution in [1.29, 1.82) is 0 Å². The minimum absolute atomic E-state index is 0.209. The Hall–Kier alpha value is -2.32. The number of aryl methyl sites for hydroxylation is 2. The monoisotopic (exact) mass is 389 g/mol. The van der Waals surface area contributed by atoms with Gasteiger partial charge in [0.2, 0.25) is 5.78 Å². The van der Waals surface area contributed by atoms with E-state index in [9.17, 15) is 9.59 Å². The normalized spacial score (nSPS) is 10.9. The fraction of sp³-hybridized carbons (Fsp3) is 0.333. The maximum absolute atomic E-state index is 12.5. The zero-order valence-electron chi connectivity index (χ0n) is 14.8. The van der Waals surface area contributed by atoms with E-state index in [2.05, 4.69) is 20.2 Å². The lowest BCUT2D eigenvalue weighted by Gasteiger charge is -2.08. The van der Waals surface area contributed by atoms with E-state index < -0.39 is 5.97 Å². The highest BCUT2D eigenvalue weighted by atomic mass is 32.1. The van der Waals surface area contributed by atoms with Gasteiger partial charge in [0.25, 0.3) is 0 Å². The lowest BCUT2D eigenvalue weighted by molar-refractivity contribution is 0.0478. The Morgan fingerprint density at radius 3 is 2.81 bits per heavy atom. The van der Waals surface area contributed by atoms with Gasteiger partial charge in [-0.05, 0) is 49.3 Å². The first-order valence-corrected chi connectivity index (χ1v) is 9.87. The molecule has 136 valence electrons. The van der Waals surface area contributed by atoms with Crippen LogP contribution in [0.25, 0.3) is 0 Å². The highest BCUT2D eigenvalue weighted by molar-refractivity contribution is 7.09. The van der Waals surface area contributed by atoms with E-state index >= 15 is 0 Å². The molecule has 0 saturated carbocycles. The minimum Gasteiger partial charge on any atom is -0.453 e. The highest BCUT2D eigenvalue weighted by Crippen LogP contribution is 2.20. The summed E-state index contributed by atoms with van der Waals surface area (Å²) in [5.74, 6) is -0.753. The van der Waals surface area contributed by atoms with Crippen molar-refractivity contribution in [3.8, 4) is 0 Å². The van der Waals surface area contributed by atoms with Crippen molar-refractivity contribution >= 4 is 34.6 Å². The molecule has 3 aromatic rings. The first-order valence-electron chi connectivity index (χ1n) is 8.22. The van der Waals surface area contributed by atoms with Gasteiger partial charge in [0.15, 0.2) is 11.5 Å². The summed E-state index contributed by atoms with van der Waals surface area (Å²) >= 11 is 2.67. The number of rotatable bonds is 7. The van der Waals surface area contributed by atoms with E-state index in [-0.39, 0.29) is 12.4 Å². The number of thiophene rings is 1. The minimum atomic E-state index is -0.544. The third kappa shape index (κ3) is 3.76. The van der Waals surface area contributed by atoms with Crippen molar-refractivity contribution in [2.75, 3.05) is 6.61 Å². The summed E-state index contributed by atoms with van der Waals surface area (Å²) < 4.78 is 11.1. The van der Waals surface area contributed by atoms with Gasteiger partial charge >= 0.3 is 5.97 Å². The maximum atomic E-state index is 12.5. The van der Waals surface area contributed by atoms with Crippen molar-refractivity contribution < 1.29 is 14.3 Å². The van der Waals surface area contributed by atoms with Crippen LogP contribution in [-0.4, -0.2) is 32.5 Å². The lowest BCUT2D eigenvalue weighted by atomic mass is 10.1. The van der Waals surface area contributed by atoms with Crippen molar-refractivity contribution in [2.24, 2.45) is 0 Å². The number of aromatic nitrogens is 3. The number of carbonyl (C=O) groups is 2. The van der Waals surface area contributed by atoms with Gasteiger partial charge in [-0.25, -0.2) is 4.79 Å². The summed E-state index contributed by atoms with van der Waals surface area (Å²) in [4.78, 5) is 26.3. The molecule has 0 atom stereocenters. The van der Waals surface area contributed by atoms with Gasteiger partial charge in [0.05, 0.1) is 12.2 Å². The molecule has 0 radical (unpaired) electrons. The number of hydrogen-bond donors (Lipinski definition) is 0. The molecule has 0 spiro atoms. The number of nitrogens with zero attached hydrogens (tertiary/aromatic N) is 3. The molecule has 0 aliphatic carbocycles.